The first-order valence-electron chi connectivity index (χ1n) is 4.81. The van der Waals surface area contributed by atoms with E-state index >= 15 is 0 Å². The summed E-state index contributed by atoms with van der Waals surface area (Å²) in [5.41, 5.74) is 1.80. The predicted molar refractivity (Wildman–Crippen MR) is 59.2 cm³/mol. The Hall–Kier alpha value is -1.30. The van der Waals surface area contributed by atoms with Gasteiger partial charge in [0.25, 0.3) is 0 Å². The summed E-state index contributed by atoms with van der Waals surface area (Å²) >= 11 is 0. The first-order chi connectivity index (χ1) is 7.78. The molecule has 90 valence electrons. The summed E-state index contributed by atoms with van der Waals surface area (Å²) in [6, 6.07) is 3.73. The summed E-state index contributed by atoms with van der Waals surface area (Å²) in [5.74, 6) is 6.38. The summed E-state index contributed by atoms with van der Waals surface area (Å²) in [4.78, 5) is 4.67. The van der Waals surface area contributed by atoms with E-state index in [4.69, 9.17) is 20.1 Å². The molecule has 0 radical (unpaired) electrons. The number of nitrogens with two attached hydrogens (primary N) is 1. The highest BCUT2D eigenvalue weighted by atomic mass is 16.6. The van der Waals surface area contributed by atoms with Gasteiger partial charge in [0.1, 0.15) is 0 Å². The van der Waals surface area contributed by atoms with Gasteiger partial charge >= 0.3 is 0 Å². The van der Waals surface area contributed by atoms with Crippen LogP contribution in [0.2, 0.25) is 0 Å². The van der Waals surface area contributed by atoms with Crippen LogP contribution in [0.25, 0.3) is 0 Å². The third-order valence-electron chi connectivity index (χ3n) is 2.27. The van der Waals surface area contributed by atoms with Gasteiger partial charge in [-0.1, -0.05) is 6.07 Å². The minimum absolute atomic E-state index is 0.249. The van der Waals surface area contributed by atoms with Gasteiger partial charge in [0.2, 0.25) is 0 Å². The van der Waals surface area contributed by atoms with Crippen molar-refractivity contribution in [2.75, 3.05) is 21.3 Å². The lowest BCUT2D eigenvalue weighted by Gasteiger charge is -2.15. The Morgan fingerprint density at radius 3 is 2.31 bits per heavy atom. The largest absolute Gasteiger partial charge is 0.493 e. The molecule has 0 aliphatic heterocycles. The molecular formula is C11H17NO4. The average Bonchev–Trinajstić information content (AvgIpc) is 2.31. The maximum Gasteiger partial charge on any atom is 0.166 e. The smallest absolute Gasteiger partial charge is 0.166 e. The van der Waals surface area contributed by atoms with Crippen molar-refractivity contribution < 1.29 is 19.0 Å². The zero-order chi connectivity index (χ0) is 12.0. The minimum Gasteiger partial charge on any atom is -0.493 e. The summed E-state index contributed by atoms with van der Waals surface area (Å²) < 4.78 is 15.6. The van der Waals surface area contributed by atoms with Gasteiger partial charge in [0.05, 0.1) is 27.4 Å². The van der Waals surface area contributed by atoms with Crippen LogP contribution in [-0.2, 0) is 22.8 Å². The number of hydrogen-bond donors (Lipinski definition) is 1. The van der Waals surface area contributed by atoms with Crippen LogP contribution in [0.3, 0.4) is 0 Å². The van der Waals surface area contributed by atoms with Gasteiger partial charge in [0, 0.05) is 12.7 Å². The van der Waals surface area contributed by atoms with E-state index in [1.807, 2.05) is 12.1 Å². The molecule has 1 rings (SSSR count). The van der Waals surface area contributed by atoms with E-state index in [1.54, 1.807) is 21.3 Å². The highest BCUT2D eigenvalue weighted by Crippen LogP contribution is 2.34. The molecule has 0 atom stereocenters. The van der Waals surface area contributed by atoms with E-state index in [1.165, 1.54) is 0 Å². The molecule has 0 spiro atoms. The quantitative estimate of drug-likeness (QED) is 0.741. The van der Waals surface area contributed by atoms with E-state index in [9.17, 15) is 0 Å². The second-order valence-corrected chi connectivity index (χ2v) is 3.18. The Morgan fingerprint density at radius 1 is 1.06 bits per heavy atom. The molecule has 0 aromatic heterocycles. The monoisotopic (exact) mass is 227 g/mol. The number of methoxy groups -OCH3 is 3. The van der Waals surface area contributed by atoms with Gasteiger partial charge in [-0.3, -0.25) is 4.84 Å². The summed E-state index contributed by atoms with van der Waals surface area (Å²) in [6.45, 7) is 0.720. The Bertz CT molecular complexity index is 341. The van der Waals surface area contributed by atoms with Crippen LogP contribution in [0, 0.1) is 0 Å². The molecule has 1 aromatic carbocycles. The van der Waals surface area contributed by atoms with Crippen LogP contribution in [-0.4, -0.2) is 21.3 Å². The van der Waals surface area contributed by atoms with Crippen molar-refractivity contribution in [3.63, 3.8) is 0 Å². The van der Waals surface area contributed by atoms with Crippen LogP contribution in [0.15, 0.2) is 12.1 Å². The molecule has 0 unspecified atom stereocenters. The number of hydrogen-bond acceptors (Lipinski definition) is 5. The molecule has 0 aliphatic rings. The van der Waals surface area contributed by atoms with Crippen molar-refractivity contribution in [2.45, 2.75) is 13.2 Å². The molecule has 0 heterocycles. The number of rotatable bonds is 6. The van der Waals surface area contributed by atoms with Crippen LogP contribution >= 0.6 is 0 Å². The maximum atomic E-state index is 5.29. The third-order valence-corrected chi connectivity index (χ3v) is 2.27. The second-order valence-electron chi connectivity index (χ2n) is 3.18. The summed E-state index contributed by atoms with van der Waals surface area (Å²) in [7, 11) is 4.79. The van der Waals surface area contributed by atoms with Crippen molar-refractivity contribution in [3.05, 3.63) is 23.3 Å². The third kappa shape index (κ3) is 2.63. The van der Waals surface area contributed by atoms with Crippen molar-refractivity contribution >= 4 is 0 Å². The van der Waals surface area contributed by atoms with Gasteiger partial charge in [-0.15, -0.1) is 0 Å². The molecule has 0 bridgehead atoms. The van der Waals surface area contributed by atoms with Gasteiger partial charge in [-0.05, 0) is 11.6 Å². The summed E-state index contributed by atoms with van der Waals surface area (Å²) in [6.07, 6.45) is 0. The molecule has 0 fully saturated rings. The second kappa shape index (κ2) is 6.32. The fraction of sp³-hybridized carbons (Fsp3) is 0.455. The molecule has 16 heavy (non-hydrogen) atoms. The highest BCUT2D eigenvalue weighted by molar-refractivity contribution is 5.50. The standard InChI is InChI=1S/C11H17NO4/c1-13-6-8-4-5-10(14-2)11(15-3)9(8)7-16-12/h4-5H,6-7,12H2,1-3H3. The van der Waals surface area contributed by atoms with Gasteiger partial charge in [-0.25, -0.2) is 5.90 Å². The first kappa shape index (κ1) is 12.8. The Kier molecular flexibility index (Phi) is 5.04. The normalized spacial score (nSPS) is 10.2. The van der Waals surface area contributed by atoms with Crippen molar-refractivity contribution in [1.82, 2.24) is 0 Å². The molecule has 0 saturated heterocycles. The zero-order valence-electron chi connectivity index (χ0n) is 9.78. The van der Waals surface area contributed by atoms with Crippen molar-refractivity contribution in [1.29, 1.82) is 0 Å². The Morgan fingerprint density at radius 2 is 1.81 bits per heavy atom. The predicted octanol–water partition coefficient (Wildman–Crippen LogP) is 1.24. The molecule has 0 amide bonds. The lowest BCUT2D eigenvalue weighted by molar-refractivity contribution is 0.117. The topological polar surface area (TPSA) is 62.9 Å². The van der Waals surface area contributed by atoms with Crippen LogP contribution in [0.4, 0.5) is 0 Å². The van der Waals surface area contributed by atoms with E-state index < -0.39 is 0 Å². The van der Waals surface area contributed by atoms with Crippen LogP contribution in [0.5, 0.6) is 11.5 Å². The molecule has 0 saturated carbocycles. The zero-order valence-corrected chi connectivity index (χ0v) is 9.78. The van der Waals surface area contributed by atoms with Crippen molar-refractivity contribution in [2.24, 2.45) is 5.90 Å². The molecule has 0 aliphatic carbocycles. The van der Waals surface area contributed by atoms with Gasteiger partial charge in [-0.2, -0.15) is 0 Å². The molecule has 5 heteroatoms. The fourth-order valence-electron chi connectivity index (χ4n) is 1.56. The average molecular weight is 227 g/mol. The Balaban J connectivity index is 3.20. The molecule has 5 nitrogen and oxygen atoms in total. The number of benzene rings is 1. The van der Waals surface area contributed by atoms with E-state index in [-0.39, 0.29) is 6.61 Å². The molecular weight excluding hydrogens is 210 g/mol. The summed E-state index contributed by atoms with van der Waals surface area (Å²) in [5, 5.41) is 0. The molecule has 2 N–H and O–H groups in total. The fourth-order valence-corrected chi connectivity index (χ4v) is 1.56. The van der Waals surface area contributed by atoms with E-state index in [0.29, 0.717) is 18.1 Å². The van der Waals surface area contributed by atoms with Crippen molar-refractivity contribution in [3.8, 4) is 11.5 Å². The van der Waals surface area contributed by atoms with Crippen LogP contribution in [0.1, 0.15) is 11.1 Å². The first-order valence-corrected chi connectivity index (χ1v) is 4.81. The van der Waals surface area contributed by atoms with Gasteiger partial charge < -0.3 is 14.2 Å². The van der Waals surface area contributed by atoms with E-state index in [0.717, 1.165) is 11.1 Å². The lowest BCUT2D eigenvalue weighted by Crippen LogP contribution is -2.06. The van der Waals surface area contributed by atoms with Crippen LogP contribution < -0.4 is 15.4 Å². The maximum absolute atomic E-state index is 5.29. The number of ether oxygens (including phenoxy) is 3. The van der Waals surface area contributed by atoms with E-state index in [2.05, 4.69) is 4.84 Å². The highest BCUT2D eigenvalue weighted by Gasteiger charge is 2.14. The van der Waals surface area contributed by atoms with Gasteiger partial charge in [0.15, 0.2) is 11.5 Å². The SMILES string of the molecule is COCc1ccc(OC)c(OC)c1CON. The lowest BCUT2D eigenvalue weighted by atomic mass is 10.1. The molecule has 1 aromatic rings. The Labute approximate surface area is 95.0 Å². The minimum atomic E-state index is 0.249.